The van der Waals surface area contributed by atoms with E-state index in [1.165, 1.54) is 11.1 Å². The topological polar surface area (TPSA) is 41.1 Å². The third kappa shape index (κ3) is 3.10. The molecule has 0 bridgehead atoms. The van der Waals surface area contributed by atoms with E-state index in [-0.39, 0.29) is 18.0 Å². The molecule has 18 heavy (non-hydrogen) atoms. The van der Waals surface area contributed by atoms with Gasteiger partial charge in [0.25, 0.3) is 0 Å². The number of amides is 1. The summed E-state index contributed by atoms with van der Waals surface area (Å²) in [7, 11) is 0. The molecule has 1 aromatic carbocycles. The Labute approximate surface area is 109 Å². The number of carbonyl (C=O) groups is 1. The summed E-state index contributed by atoms with van der Waals surface area (Å²) in [6, 6.07) is 8.49. The first-order chi connectivity index (χ1) is 8.68. The van der Waals surface area contributed by atoms with Gasteiger partial charge >= 0.3 is 0 Å². The fourth-order valence-electron chi connectivity index (χ4n) is 2.56. The van der Waals surface area contributed by atoms with Gasteiger partial charge in [-0.25, -0.2) is 0 Å². The maximum absolute atomic E-state index is 11.9. The Bertz CT molecular complexity index is 417. The highest BCUT2D eigenvalue weighted by Crippen LogP contribution is 2.18. The first-order valence-electron chi connectivity index (χ1n) is 6.78. The molecule has 1 saturated heterocycles. The molecule has 2 rings (SSSR count). The van der Waals surface area contributed by atoms with Crippen molar-refractivity contribution in [1.29, 1.82) is 0 Å². The van der Waals surface area contributed by atoms with Crippen molar-refractivity contribution in [3.8, 4) is 0 Å². The highest BCUT2D eigenvalue weighted by atomic mass is 16.2. The van der Waals surface area contributed by atoms with Gasteiger partial charge in [0.1, 0.15) is 0 Å². The lowest BCUT2D eigenvalue weighted by molar-refractivity contribution is -0.123. The number of hydrogen-bond acceptors (Lipinski definition) is 2. The minimum atomic E-state index is -0.0536. The summed E-state index contributed by atoms with van der Waals surface area (Å²) in [6.07, 6.45) is 3.13. The van der Waals surface area contributed by atoms with Crippen LogP contribution in [0.5, 0.6) is 0 Å². The second kappa shape index (κ2) is 6.01. The van der Waals surface area contributed by atoms with Crippen molar-refractivity contribution in [2.75, 3.05) is 6.54 Å². The Morgan fingerprint density at radius 2 is 2.11 bits per heavy atom. The molecule has 0 spiro atoms. The van der Waals surface area contributed by atoms with E-state index in [2.05, 4.69) is 36.6 Å². The first-order valence-corrected chi connectivity index (χ1v) is 6.78. The molecule has 3 nitrogen and oxygen atoms in total. The summed E-state index contributed by atoms with van der Waals surface area (Å²) in [4.78, 5) is 11.9. The normalized spacial score (nSPS) is 22.1. The van der Waals surface area contributed by atoms with Crippen molar-refractivity contribution in [2.45, 2.75) is 45.2 Å². The first kappa shape index (κ1) is 13.1. The van der Waals surface area contributed by atoms with Crippen molar-refractivity contribution >= 4 is 5.91 Å². The van der Waals surface area contributed by atoms with Gasteiger partial charge in [0.05, 0.1) is 6.04 Å². The molecular weight excluding hydrogens is 224 g/mol. The van der Waals surface area contributed by atoms with Crippen LogP contribution in [0.25, 0.3) is 0 Å². The predicted molar refractivity (Wildman–Crippen MR) is 73.4 cm³/mol. The summed E-state index contributed by atoms with van der Waals surface area (Å²) >= 11 is 0. The molecule has 1 heterocycles. The van der Waals surface area contributed by atoms with Gasteiger partial charge in [0, 0.05) is 12.6 Å². The van der Waals surface area contributed by atoms with Crippen LogP contribution < -0.4 is 10.6 Å². The highest BCUT2D eigenvalue weighted by Gasteiger charge is 2.22. The fraction of sp³-hybridized carbons (Fsp3) is 0.533. The molecule has 1 fully saturated rings. The molecule has 1 amide bonds. The van der Waals surface area contributed by atoms with E-state index < -0.39 is 0 Å². The predicted octanol–water partition coefficient (Wildman–Crippen LogP) is 2.31. The van der Waals surface area contributed by atoms with Crippen molar-refractivity contribution in [3.63, 3.8) is 0 Å². The molecule has 0 saturated carbocycles. The molecule has 1 aliphatic heterocycles. The number of aryl methyl sites for hydroxylation is 1. The van der Waals surface area contributed by atoms with Gasteiger partial charge in [-0.3, -0.25) is 10.1 Å². The van der Waals surface area contributed by atoms with Crippen molar-refractivity contribution < 1.29 is 4.79 Å². The zero-order valence-corrected chi connectivity index (χ0v) is 11.2. The number of nitrogens with one attached hydrogen (secondary N) is 2. The van der Waals surface area contributed by atoms with E-state index in [1.807, 2.05) is 12.1 Å². The van der Waals surface area contributed by atoms with Crippen LogP contribution in [-0.2, 0) is 4.79 Å². The van der Waals surface area contributed by atoms with Gasteiger partial charge in [-0.15, -0.1) is 0 Å². The Morgan fingerprint density at radius 1 is 1.33 bits per heavy atom. The van der Waals surface area contributed by atoms with E-state index in [1.54, 1.807) is 0 Å². The monoisotopic (exact) mass is 246 g/mol. The van der Waals surface area contributed by atoms with E-state index in [0.717, 1.165) is 25.8 Å². The Balaban J connectivity index is 2.04. The second-order valence-electron chi connectivity index (χ2n) is 5.08. The van der Waals surface area contributed by atoms with Gasteiger partial charge in [0.2, 0.25) is 5.91 Å². The number of carbonyl (C=O) groups excluding carboxylic acids is 1. The highest BCUT2D eigenvalue weighted by molar-refractivity contribution is 5.81. The minimum absolute atomic E-state index is 0.0536. The summed E-state index contributed by atoms with van der Waals surface area (Å²) in [5.41, 5.74) is 2.54. The zero-order chi connectivity index (χ0) is 13.0. The van der Waals surface area contributed by atoms with Crippen molar-refractivity contribution in [3.05, 3.63) is 35.4 Å². The summed E-state index contributed by atoms with van der Waals surface area (Å²) in [6.45, 7) is 5.05. The number of rotatable bonds is 3. The average molecular weight is 246 g/mol. The summed E-state index contributed by atoms with van der Waals surface area (Å²) < 4.78 is 0. The number of hydrogen-bond donors (Lipinski definition) is 2. The van der Waals surface area contributed by atoms with Crippen LogP contribution in [0.2, 0.25) is 0 Å². The van der Waals surface area contributed by atoms with Gasteiger partial charge in [-0.1, -0.05) is 24.3 Å². The standard InChI is InChI=1S/C15H22N2O/c1-11-7-3-4-8-13(11)12(2)17-14-9-5-6-10-16-15(14)18/h3-4,7-8,12,14,17H,5-6,9-10H2,1-2H3,(H,16,18). The molecule has 2 unspecified atom stereocenters. The molecule has 2 N–H and O–H groups in total. The van der Waals surface area contributed by atoms with E-state index in [9.17, 15) is 4.79 Å². The SMILES string of the molecule is Cc1ccccc1C(C)NC1CCCCNC1=O. The van der Waals surface area contributed by atoms with E-state index in [0.29, 0.717) is 0 Å². The smallest absolute Gasteiger partial charge is 0.237 e. The summed E-state index contributed by atoms with van der Waals surface area (Å²) in [5, 5.41) is 6.42. The van der Waals surface area contributed by atoms with Crippen molar-refractivity contribution in [2.24, 2.45) is 0 Å². The Hall–Kier alpha value is -1.35. The molecule has 2 atom stereocenters. The summed E-state index contributed by atoms with van der Waals surface area (Å²) in [5.74, 6) is 0.146. The third-order valence-corrected chi connectivity index (χ3v) is 3.64. The van der Waals surface area contributed by atoms with Gasteiger partial charge in [-0.2, -0.15) is 0 Å². The zero-order valence-electron chi connectivity index (χ0n) is 11.2. The lowest BCUT2D eigenvalue weighted by Crippen LogP contribution is -2.43. The van der Waals surface area contributed by atoms with E-state index in [4.69, 9.17) is 0 Å². The van der Waals surface area contributed by atoms with Crippen LogP contribution in [0.15, 0.2) is 24.3 Å². The Kier molecular flexibility index (Phi) is 4.37. The molecular formula is C15H22N2O. The molecule has 3 heteroatoms. The maximum Gasteiger partial charge on any atom is 0.237 e. The van der Waals surface area contributed by atoms with Gasteiger partial charge in [-0.05, 0) is 44.2 Å². The van der Waals surface area contributed by atoms with Crippen molar-refractivity contribution in [1.82, 2.24) is 10.6 Å². The fourth-order valence-corrected chi connectivity index (χ4v) is 2.56. The van der Waals surface area contributed by atoms with Gasteiger partial charge < -0.3 is 5.32 Å². The largest absolute Gasteiger partial charge is 0.355 e. The minimum Gasteiger partial charge on any atom is -0.355 e. The lowest BCUT2D eigenvalue weighted by Gasteiger charge is -2.22. The van der Waals surface area contributed by atoms with Crippen LogP contribution >= 0.6 is 0 Å². The average Bonchev–Trinajstić information content (AvgIpc) is 2.55. The molecule has 0 aliphatic carbocycles. The molecule has 98 valence electrons. The van der Waals surface area contributed by atoms with Gasteiger partial charge in [0.15, 0.2) is 0 Å². The van der Waals surface area contributed by atoms with Crippen LogP contribution in [0, 0.1) is 6.92 Å². The molecule has 0 radical (unpaired) electrons. The number of benzene rings is 1. The van der Waals surface area contributed by atoms with Crippen LogP contribution in [0.4, 0.5) is 0 Å². The lowest BCUT2D eigenvalue weighted by atomic mass is 10.0. The quantitative estimate of drug-likeness (QED) is 0.859. The van der Waals surface area contributed by atoms with E-state index >= 15 is 0 Å². The maximum atomic E-state index is 11.9. The van der Waals surface area contributed by atoms with Crippen LogP contribution in [0.1, 0.15) is 43.4 Å². The third-order valence-electron chi connectivity index (χ3n) is 3.64. The Morgan fingerprint density at radius 3 is 2.89 bits per heavy atom. The van der Waals surface area contributed by atoms with Crippen LogP contribution in [-0.4, -0.2) is 18.5 Å². The molecule has 0 aromatic heterocycles. The van der Waals surface area contributed by atoms with Crippen LogP contribution in [0.3, 0.4) is 0 Å². The second-order valence-corrected chi connectivity index (χ2v) is 5.08. The molecule has 1 aromatic rings. The molecule has 1 aliphatic rings.